The number of hydrogen-bond donors (Lipinski definition) is 1. The molecule has 0 saturated heterocycles. The first kappa shape index (κ1) is 22.4. The van der Waals surface area contributed by atoms with Crippen molar-refractivity contribution in [3.8, 4) is 11.1 Å². The number of amides is 1. The fourth-order valence-electron chi connectivity index (χ4n) is 3.64. The summed E-state index contributed by atoms with van der Waals surface area (Å²) < 4.78 is 1.71. The van der Waals surface area contributed by atoms with Crippen LogP contribution in [0.15, 0.2) is 79.3 Å². The molecule has 1 amide bonds. The first-order valence-corrected chi connectivity index (χ1v) is 11.0. The number of likely N-dealkylation sites (N-methyl/N-ethyl adjacent to an activating group) is 1. The molecule has 0 aliphatic rings. The molecule has 2 heterocycles. The molecule has 1 N–H and O–H groups in total. The molecule has 2 aromatic heterocycles. The van der Waals surface area contributed by atoms with Crippen LogP contribution >= 0.6 is 0 Å². The summed E-state index contributed by atoms with van der Waals surface area (Å²) in [5.41, 5.74) is 6.34. The lowest BCUT2D eigenvalue weighted by atomic mass is 9.99. The minimum absolute atomic E-state index is 0.236. The largest absolute Gasteiger partial charge is 0.347 e. The Bertz CT molecular complexity index is 1190. The molecule has 33 heavy (non-hydrogen) atoms. The Morgan fingerprint density at radius 1 is 1.00 bits per heavy atom. The number of carbonyl (C=O) groups excluding carboxylic acids is 1. The summed E-state index contributed by atoms with van der Waals surface area (Å²) in [6.45, 7) is 4.85. The molecule has 2 aromatic carbocycles. The van der Waals surface area contributed by atoms with Gasteiger partial charge < -0.3 is 10.2 Å². The summed E-state index contributed by atoms with van der Waals surface area (Å²) in [6, 6.07) is 20.9. The number of rotatable bonds is 9. The topological polar surface area (TPSA) is 75.9 Å². The molecule has 0 radical (unpaired) electrons. The molecule has 4 aromatic rings. The molecular weight excluding hydrogens is 412 g/mol. The van der Waals surface area contributed by atoms with Crippen LogP contribution in [0.25, 0.3) is 11.1 Å². The molecular formula is C26H28N6O. The Balaban J connectivity index is 1.25. The number of nitrogens with zero attached hydrogens (tertiary/aromatic N) is 5. The average Bonchev–Trinajstić information content (AvgIpc) is 3.32. The molecule has 0 saturated carbocycles. The molecule has 0 atom stereocenters. The van der Waals surface area contributed by atoms with Crippen LogP contribution in [0.2, 0.25) is 0 Å². The quantitative estimate of drug-likeness (QED) is 0.429. The fraction of sp³-hybridized carbons (Fsp3) is 0.231. The fourth-order valence-corrected chi connectivity index (χ4v) is 3.64. The maximum Gasteiger partial charge on any atom is 0.273 e. The highest BCUT2D eigenvalue weighted by molar-refractivity contribution is 5.91. The molecule has 0 fully saturated rings. The lowest BCUT2D eigenvalue weighted by molar-refractivity contribution is 0.0946. The van der Waals surface area contributed by atoms with Crippen molar-refractivity contribution in [2.45, 2.75) is 26.6 Å². The molecule has 168 valence electrons. The number of pyridine rings is 1. The van der Waals surface area contributed by atoms with Gasteiger partial charge in [0.1, 0.15) is 0 Å². The number of aromatic nitrogens is 4. The predicted octanol–water partition coefficient (Wildman–Crippen LogP) is 3.71. The molecule has 7 nitrogen and oxygen atoms in total. The minimum atomic E-state index is -0.236. The van der Waals surface area contributed by atoms with E-state index in [0.717, 1.165) is 18.7 Å². The van der Waals surface area contributed by atoms with Crippen LogP contribution in [0, 0.1) is 6.92 Å². The van der Waals surface area contributed by atoms with Gasteiger partial charge in [-0.25, -0.2) is 0 Å². The molecule has 0 unspecified atom stereocenters. The molecule has 0 spiro atoms. The summed E-state index contributed by atoms with van der Waals surface area (Å²) in [7, 11) is 2.08. The monoisotopic (exact) mass is 440 g/mol. The Hall–Kier alpha value is -3.84. The van der Waals surface area contributed by atoms with Gasteiger partial charge in [-0.3, -0.25) is 14.5 Å². The Kier molecular flexibility index (Phi) is 7.22. The second kappa shape index (κ2) is 10.7. The number of benzene rings is 2. The highest BCUT2D eigenvalue weighted by Gasteiger charge is 2.11. The Morgan fingerprint density at radius 2 is 1.76 bits per heavy atom. The van der Waals surface area contributed by atoms with Crippen LogP contribution < -0.4 is 5.32 Å². The van der Waals surface area contributed by atoms with Gasteiger partial charge >= 0.3 is 0 Å². The van der Waals surface area contributed by atoms with Gasteiger partial charge in [0.05, 0.1) is 12.7 Å². The first-order chi connectivity index (χ1) is 16.1. The van der Waals surface area contributed by atoms with E-state index in [0.29, 0.717) is 18.8 Å². The van der Waals surface area contributed by atoms with Gasteiger partial charge in [-0.15, -0.1) is 5.10 Å². The van der Waals surface area contributed by atoms with Crippen molar-refractivity contribution >= 4 is 5.91 Å². The summed E-state index contributed by atoms with van der Waals surface area (Å²) in [4.78, 5) is 18.5. The molecule has 0 aliphatic carbocycles. The minimum Gasteiger partial charge on any atom is -0.347 e. The van der Waals surface area contributed by atoms with Crippen molar-refractivity contribution in [2.75, 3.05) is 13.6 Å². The third-order valence-electron chi connectivity index (χ3n) is 5.55. The van der Waals surface area contributed by atoms with E-state index in [1.54, 1.807) is 23.3 Å². The Morgan fingerprint density at radius 3 is 2.52 bits per heavy atom. The van der Waals surface area contributed by atoms with Gasteiger partial charge in [-0.05, 0) is 53.9 Å². The van der Waals surface area contributed by atoms with Crippen LogP contribution in [0.5, 0.6) is 0 Å². The number of hydrogen-bond acceptors (Lipinski definition) is 5. The molecule has 0 bridgehead atoms. The van der Waals surface area contributed by atoms with Gasteiger partial charge in [0, 0.05) is 32.0 Å². The van der Waals surface area contributed by atoms with Crippen LogP contribution in [-0.4, -0.2) is 44.4 Å². The second-order valence-corrected chi connectivity index (χ2v) is 8.15. The van der Waals surface area contributed by atoms with Crippen LogP contribution in [-0.2, 0) is 19.6 Å². The zero-order chi connectivity index (χ0) is 23.0. The molecule has 0 aliphatic heterocycles. The first-order valence-electron chi connectivity index (χ1n) is 11.0. The van der Waals surface area contributed by atoms with Crippen LogP contribution in [0.3, 0.4) is 0 Å². The SMILES string of the molecule is Cc1ccccc1-c1ccc(CN(C)CCn2cc(C(=O)NCc3ccncc3)nn2)cc1. The highest BCUT2D eigenvalue weighted by atomic mass is 16.2. The zero-order valence-corrected chi connectivity index (χ0v) is 19.0. The van der Waals surface area contributed by atoms with E-state index in [-0.39, 0.29) is 5.91 Å². The lowest BCUT2D eigenvalue weighted by Gasteiger charge is -2.17. The van der Waals surface area contributed by atoms with Gasteiger partial charge in [0.15, 0.2) is 5.69 Å². The van der Waals surface area contributed by atoms with E-state index < -0.39 is 0 Å². The van der Waals surface area contributed by atoms with E-state index in [2.05, 4.69) is 88.0 Å². The zero-order valence-electron chi connectivity index (χ0n) is 19.0. The van der Waals surface area contributed by atoms with E-state index in [9.17, 15) is 4.79 Å². The summed E-state index contributed by atoms with van der Waals surface area (Å²) in [5, 5.41) is 11.0. The van der Waals surface area contributed by atoms with Crippen molar-refractivity contribution in [3.05, 3.63) is 102 Å². The summed E-state index contributed by atoms with van der Waals surface area (Å²) in [6.07, 6.45) is 5.09. The van der Waals surface area contributed by atoms with Crippen molar-refractivity contribution in [3.63, 3.8) is 0 Å². The normalized spacial score (nSPS) is 11.0. The van der Waals surface area contributed by atoms with Crippen molar-refractivity contribution in [2.24, 2.45) is 0 Å². The van der Waals surface area contributed by atoms with Gasteiger partial charge in [-0.2, -0.15) is 0 Å². The molecule has 7 heteroatoms. The standard InChI is InChI=1S/C26H28N6O/c1-20-5-3-4-6-24(20)23-9-7-22(8-10-23)18-31(2)15-16-32-19-25(29-30-32)26(33)28-17-21-11-13-27-14-12-21/h3-14,19H,15-18H2,1-2H3,(H,28,33). The smallest absolute Gasteiger partial charge is 0.273 e. The highest BCUT2D eigenvalue weighted by Crippen LogP contribution is 2.23. The van der Waals surface area contributed by atoms with Crippen LogP contribution in [0.1, 0.15) is 27.2 Å². The van der Waals surface area contributed by atoms with Gasteiger partial charge in [0.25, 0.3) is 5.91 Å². The van der Waals surface area contributed by atoms with E-state index >= 15 is 0 Å². The van der Waals surface area contributed by atoms with E-state index in [4.69, 9.17) is 0 Å². The maximum absolute atomic E-state index is 12.3. The summed E-state index contributed by atoms with van der Waals surface area (Å²) in [5.74, 6) is -0.236. The van der Waals surface area contributed by atoms with Gasteiger partial charge in [0.2, 0.25) is 0 Å². The van der Waals surface area contributed by atoms with Crippen molar-refractivity contribution in [1.82, 2.24) is 30.2 Å². The number of aryl methyl sites for hydroxylation is 1. The van der Waals surface area contributed by atoms with E-state index in [1.807, 2.05) is 12.1 Å². The summed E-state index contributed by atoms with van der Waals surface area (Å²) >= 11 is 0. The van der Waals surface area contributed by atoms with E-state index in [1.165, 1.54) is 22.3 Å². The van der Waals surface area contributed by atoms with Gasteiger partial charge in [-0.1, -0.05) is 53.7 Å². The number of nitrogens with one attached hydrogen (secondary N) is 1. The lowest BCUT2D eigenvalue weighted by Crippen LogP contribution is -2.23. The molecule has 4 rings (SSSR count). The van der Waals surface area contributed by atoms with Crippen molar-refractivity contribution < 1.29 is 4.79 Å². The average molecular weight is 441 g/mol. The maximum atomic E-state index is 12.3. The second-order valence-electron chi connectivity index (χ2n) is 8.15. The van der Waals surface area contributed by atoms with Crippen LogP contribution in [0.4, 0.5) is 0 Å². The predicted molar refractivity (Wildman–Crippen MR) is 128 cm³/mol. The third kappa shape index (κ3) is 6.11. The van der Waals surface area contributed by atoms with Crippen molar-refractivity contribution in [1.29, 1.82) is 0 Å². The Labute approximate surface area is 194 Å². The number of carbonyl (C=O) groups is 1. The third-order valence-corrected chi connectivity index (χ3v) is 5.55.